The molecule has 1 aromatic rings. The highest BCUT2D eigenvalue weighted by atomic mass is 35.5. The molecule has 12 heavy (non-hydrogen) atoms. The number of alkyl halides is 1. The molecule has 0 amide bonds. The topological polar surface area (TPSA) is 46.8 Å². The van der Waals surface area contributed by atoms with Gasteiger partial charge in [0.1, 0.15) is 0 Å². The summed E-state index contributed by atoms with van der Waals surface area (Å²) in [4.78, 5) is 1.94. The van der Waals surface area contributed by atoms with E-state index in [4.69, 9.17) is 11.6 Å². The molecule has 68 valence electrons. The molecule has 0 aliphatic rings. The van der Waals surface area contributed by atoms with Gasteiger partial charge in [0.25, 0.3) is 0 Å². The van der Waals surface area contributed by atoms with Crippen molar-refractivity contribution in [2.45, 2.75) is 13.0 Å². The highest BCUT2D eigenvalue weighted by molar-refractivity contribution is 6.18. The van der Waals surface area contributed by atoms with E-state index in [9.17, 15) is 0 Å². The second-order valence-corrected chi connectivity index (χ2v) is 3.03. The molecule has 0 saturated heterocycles. The molecule has 0 aliphatic heterocycles. The van der Waals surface area contributed by atoms with Crippen LogP contribution in [0.25, 0.3) is 0 Å². The quantitative estimate of drug-likeness (QED) is 0.641. The average molecular weight is 190 g/mol. The van der Waals surface area contributed by atoms with Crippen LogP contribution in [0.15, 0.2) is 0 Å². The lowest BCUT2D eigenvalue weighted by molar-refractivity contribution is 0.669. The van der Waals surface area contributed by atoms with Crippen molar-refractivity contribution in [2.24, 2.45) is 7.05 Å². The van der Waals surface area contributed by atoms with Crippen LogP contribution in [0.5, 0.6) is 0 Å². The summed E-state index contributed by atoms with van der Waals surface area (Å²) >= 11 is 5.70. The number of hydrogen-bond donors (Lipinski definition) is 0. The lowest BCUT2D eigenvalue weighted by Gasteiger charge is -2.22. The predicted molar refractivity (Wildman–Crippen MR) is 47.4 cm³/mol. The van der Waals surface area contributed by atoms with Crippen molar-refractivity contribution in [1.29, 1.82) is 0 Å². The minimum absolute atomic E-state index is 0.233. The van der Waals surface area contributed by atoms with E-state index in [2.05, 4.69) is 15.5 Å². The first-order valence-corrected chi connectivity index (χ1v) is 4.21. The fourth-order valence-electron chi connectivity index (χ4n) is 0.824. The second-order valence-electron chi connectivity index (χ2n) is 2.72. The maximum atomic E-state index is 5.70. The van der Waals surface area contributed by atoms with Gasteiger partial charge >= 0.3 is 0 Å². The zero-order valence-corrected chi connectivity index (χ0v) is 8.15. The van der Waals surface area contributed by atoms with Crippen LogP contribution in [0.2, 0.25) is 0 Å². The van der Waals surface area contributed by atoms with Gasteiger partial charge in [0, 0.05) is 26.0 Å². The fraction of sp³-hybridized carbons (Fsp3) is 0.833. The van der Waals surface area contributed by atoms with Gasteiger partial charge in [-0.05, 0) is 17.4 Å². The summed E-state index contributed by atoms with van der Waals surface area (Å²) in [6.45, 7) is 2.02. The van der Waals surface area contributed by atoms with Crippen molar-refractivity contribution in [1.82, 2.24) is 20.2 Å². The third-order valence-electron chi connectivity index (χ3n) is 1.80. The van der Waals surface area contributed by atoms with Crippen LogP contribution in [0.3, 0.4) is 0 Å². The molecular weight excluding hydrogens is 178 g/mol. The van der Waals surface area contributed by atoms with Gasteiger partial charge in [-0.1, -0.05) is 5.10 Å². The van der Waals surface area contributed by atoms with Gasteiger partial charge < -0.3 is 4.90 Å². The lowest BCUT2D eigenvalue weighted by atomic mass is 10.3. The van der Waals surface area contributed by atoms with Crippen LogP contribution < -0.4 is 4.90 Å². The Labute approximate surface area is 76.3 Å². The number of aromatic nitrogens is 4. The largest absolute Gasteiger partial charge is 0.339 e. The molecule has 0 saturated carbocycles. The fourth-order valence-corrected chi connectivity index (χ4v) is 1.03. The SMILES string of the molecule is CC(CCl)N(C)c1nnnn1C. The van der Waals surface area contributed by atoms with Gasteiger partial charge in [0.05, 0.1) is 0 Å². The normalized spacial score (nSPS) is 13.0. The Balaban J connectivity index is 2.77. The van der Waals surface area contributed by atoms with E-state index in [1.807, 2.05) is 18.9 Å². The number of nitrogens with zero attached hydrogens (tertiary/aromatic N) is 5. The summed E-state index contributed by atoms with van der Waals surface area (Å²) in [6.07, 6.45) is 0. The van der Waals surface area contributed by atoms with Gasteiger partial charge in [-0.25, -0.2) is 4.68 Å². The molecule has 0 radical (unpaired) electrons. The minimum atomic E-state index is 0.233. The van der Waals surface area contributed by atoms with Crippen molar-refractivity contribution < 1.29 is 0 Å². The number of aryl methyl sites for hydroxylation is 1. The third-order valence-corrected chi connectivity index (χ3v) is 2.24. The maximum absolute atomic E-state index is 5.70. The maximum Gasteiger partial charge on any atom is 0.245 e. The van der Waals surface area contributed by atoms with E-state index in [-0.39, 0.29) is 6.04 Å². The molecule has 1 unspecified atom stereocenters. The summed E-state index contributed by atoms with van der Waals surface area (Å²) in [7, 11) is 3.71. The van der Waals surface area contributed by atoms with Gasteiger partial charge in [-0.15, -0.1) is 11.6 Å². The van der Waals surface area contributed by atoms with E-state index >= 15 is 0 Å². The first-order chi connectivity index (χ1) is 5.66. The minimum Gasteiger partial charge on any atom is -0.339 e. The summed E-state index contributed by atoms with van der Waals surface area (Å²) < 4.78 is 1.61. The van der Waals surface area contributed by atoms with Crippen molar-refractivity contribution in [3.8, 4) is 0 Å². The molecule has 1 heterocycles. The molecule has 1 aromatic heterocycles. The van der Waals surface area contributed by atoms with Crippen molar-refractivity contribution in [3.05, 3.63) is 0 Å². The Morgan fingerprint density at radius 1 is 1.67 bits per heavy atom. The van der Waals surface area contributed by atoms with Gasteiger partial charge in [0.15, 0.2) is 0 Å². The molecule has 0 N–H and O–H groups in total. The highest BCUT2D eigenvalue weighted by Crippen LogP contribution is 2.08. The van der Waals surface area contributed by atoms with Crippen LogP contribution in [0.1, 0.15) is 6.92 Å². The van der Waals surface area contributed by atoms with E-state index in [0.717, 1.165) is 5.95 Å². The van der Waals surface area contributed by atoms with Crippen molar-refractivity contribution in [3.63, 3.8) is 0 Å². The summed E-state index contributed by atoms with van der Waals surface area (Å²) in [5, 5.41) is 11.1. The summed E-state index contributed by atoms with van der Waals surface area (Å²) in [5.74, 6) is 1.28. The van der Waals surface area contributed by atoms with E-state index in [0.29, 0.717) is 5.88 Å². The number of tetrazole rings is 1. The molecule has 5 nitrogen and oxygen atoms in total. The zero-order valence-electron chi connectivity index (χ0n) is 7.40. The summed E-state index contributed by atoms with van der Waals surface area (Å²) in [6, 6.07) is 0.233. The van der Waals surface area contributed by atoms with E-state index in [1.165, 1.54) is 0 Å². The number of hydrogen-bond acceptors (Lipinski definition) is 4. The zero-order chi connectivity index (χ0) is 9.14. The Morgan fingerprint density at radius 2 is 2.33 bits per heavy atom. The van der Waals surface area contributed by atoms with Crippen LogP contribution >= 0.6 is 11.6 Å². The van der Waals surface area contributed by atoms with Crippen molar-refractivity contribution in [2.75, 3.05) is 17.8 Å². The summed E-state index contributed by atoms with van der Waals surface area (Å²) in [5.41, 5.74) is 0. The first kappa shape index (κ1) is 9.25. The predicted octanol–water partition coefficient (Wildman–Crippen LogP) is 0.274. The Kier molecular flexibility index (Phi) is 2.86. The van der Waals surface area contributed by atoms with Crippen LogP contribution in [0, 0.1) is 0 Å². The molecule has 0 spiro atoms. The molecule has 0 fully saturated rings. The average Bonchev–Trinajstić information content (AvgIpc) is 2.48. The lowest BCUT2D eigenvalue weighted by Crippen LogP contribution is -2.32. The van der Waals surface area contributed by atoms with Gasteiger partial charge in [-0.2, -0.15) is 0 Å². The first-order valence-electron chi connectivity index (χ1n) is 3.68. The van der Waals surface area contributed by atoms with Crippen LogP contribution in [-0.4, -0.2) is 39.2 Å². The molecule has 1 atom stereocenters. The Morgan fingerprint density at radius 3 is 2.75 bits per heavy atom. The van der Waals surface area contributed by atoms with Crippen LogP contribution in [-0.2, 0) is 7.05 Å². The molecule has 0 aromatic carbocycles. The monoisotopic (exact) mass is 189 g/mol. The molecule has 0 aliphatic carbocycles. The van der Waals surface area contributed by atoms with Gasteiger partial charge in [0.2, 0.25) is 5.95 Å². The van der Waals surface area contributed by atoms with E-state index in [1.54, 1.807) is 11.7 Å². The Hall–Kier alpha value is -0.840. The molecule has 1 rings (SSSR count). The molecule has 0 bridgehead atoms. The van der Waals surface area contributed by atoms with Crippen molar-refractivity contribution >= 4 is 17.5 Å². The van der Waals surface area contributed by atoms with Crippen LogP contribution in [0.4, 0.5) is 5.95 Å². The Bertz CT molecular complexity index is 248. The third kappa shape index (κ3) is 1.66. The van der Waals surface area contributed by atoms with Gasteiger partial charge in [-0.3, -0.25) is 0 Å². The smallest absolute Gasteiger partial charge is 0.245 e. The molecule has 6 heteroatoms. The van der Waals surface area contributed by atoms with E-state index < -0.39 is 0 Å². The number of rotatable bonds is 3. The number of halogens is 1. The second kappa shape index (κ2) is 3.71. The highest BCUT2D eigenvalue weighted by Gasteiger charge is 2.13. The standard InChI is InChI=1S/C6H12ClN5/c1-5(4-7)11(2)6-8-9-10-12(6)3/h5H,4H2,1-3H3. The number of anilines is 1. The molecular formula is C6H12ClN5.